The summed E-state index contributed by atoms with van der Waals surface area (Å²) >= 11 is 0. The summed E-state index contributed by atoms with van der Waals surface area (Å²) in [5, 5.41) is 3.00. The van der Waals surface area contributed by atoms with Crippen molar-refractivity contribution in [1.29, 1.82) is 0 Å². The number of carbonyl (C=O) groups excluding carboxylic acids is 1. The number of benzene rings is 3. The summed E-state index contributed by atoms with van der Waals surface area (Å²) in [7, 11) is 0. The second-order valence-corrected chi connectivity index (χ2v) is 9.96. The van der Waals surface area contributed by atoms with E-state index in [1.807, 2.05) is 99.6 Å². The van der Waals surface area contributed by atoms with Gasteiger partial charge in [-0.2, -0.15) is 0 Å². The van der Waals surface area contributed by atoms with E-state index in [0.29, 0.717) is 19.0 Å². The summed E-state index contributed by atoms with van der Waals surface area (Å²) in [6.45, 7) is 6.48. The zero-order valence-electron chi connectivity index (χ0n) is 22.1. The number of nitrogens with one attached hydrogen (secondary N) is 1. The predicted molar refractivity (Wildman–Crippen MR) is 145 cm³/mol. The molecule has 0 bridgehead atoms. The molecule has 0 aliphatic carbocycles. The van der Waals surface area contributed by atoms with Crippen LogP contribution in [-0.4, -0.2) is 24.6 Å². The highest BCUT2D eigenvalue weighted by atomic mass is 16.7. The SMILES string of the molecule is CC(C)(C)OC(=O)NC(c1ccccc1)c1cccc(OCc2cccc(OCCCC3OC=CO3)c2)c1. The van der Waals surface area contributed by atoms with Crippen LogP contribution >= 0.6 is 0 Å². The molecule has 1 heterocycles. The van der Waals surface area contributed by atoms with Crippen LogP contribution in [0.1, 0.15) is 56.3 Å². The molecule has 200 valence electrons. The maximum absolute atomic E-state index is 12.6. The average molecular weight is 518 g/mol. The fourth-order valence-electron chi connectivity index (χ4n) is 3.95. The predicted octanol–water partition coefficient (Wildman–Crippen LogP) is 6.88. The zero-order valence-corrected chi connectivity index (χ0v) is 22.1. The van der Waals surface area contributed by atoms with E-state index in [-0.39, 0.29) is 12.3 Å². The van der Waals surface area contributed by atoms with Crippen molar-refractivity contribution in [1.82, 2.24) is 5.32 Å². The highest BCUT2D eigenvalue weighted by molar-refractivity contribution is 5.69. The Kier molecular flexibility index (Phi) is 9.14. The first-order chi connectivity index (χ1) is 18.4. The van der Waals surface area contributed by atoms with Gasteiger partial charge >= 0.3 is 6.09 Å². The van der Waals surface area contributed by atoms with E-state index < -0.39 is 11.7 Å². The molecule has 7 nitrogen and oxygen atoms in total. The standard InChI is InChI=1S/C31H35NO6/c1-31(2,3)38-30(33)32-29(24-11-5-4-6-12-24)25-13-8-15-27(21-25)37-22-23-10-7-14-26(20-23)34-17-9-16-28-35-18-19-36-28/h4-8,10-15,18-21,28-29H,9,16-17,22H2,1-3H3,(H,32,33). The molecule has 0 aromatic heterocycles. The summed E-state index contributed by atoms with van der Waals surface area (Å²) in [5.74, 6) is 1.49. The molecule has 1 unspecified atom stereocenters. The third-order valence-corrected chi connectivity index (χ3v) is 5.66. The van der Waals surface area contributed by atoms with E-state index in [0.717, 1.165) is 35.3 Å². The van der Waals surface area contributed by atoms with Gasteiger partial charge in [-0.1, -0.05) is 54.6 Å². The van der Waals surface area contributed by atoms with Crippen LogP contribution in [0.2, 0.25) is 0 Å². The Labute approximate surface area is 224 Å². The van der Waals surface area contributed by atoms with Crippen LogP contribution in [-0.2, 0) is 20.8 Å². The molecule has 1 aliphatic rings. The van der Waals surface area contributed by atoms with Crippen LogP contribution in [0, 0.1) is 0 Å². The summed E-state index contributed by atoms with van der Waals surface area (Å²) in [4.78, 5) is 12.6. The second kappa shape index (κ2) is 12.9. The lowest BCUT2D eigenvalue weighted by Gasteiger charge is -2.24. The molecule has 1 atom stereocenters. The number of alkyl carbamates (subject to hydrolysis) is 1. The van der Waals surface area contributed by atoms with Gasteiger partial charge in [-0.25, -0.2) is 4.79 Å². The fraction of sp³-hybridized carbons (Fsp3) is 0.323. The second-order valence-electron chi connectivity index (χ2n) is 9.96. The lowest BCUT2D eigenvalue weighted by Crippen LogP contribution is -2.35. The molecular weight excluding hydrogens is 482 g/mol. The smallest absolute Gasteiger partial charge is 0.408 e. The number of hydrogen-bond acceptors (Lipinski definition) is 6. The molecule has 1 amide bonds. The Bertz CT molecular complexity index is 1200. The molecule has 3 aromatic rings. The van der Waals surface area contributed by atoms with Crippen LogP contribution < -0.4 is 14.8 Å². The van der Waals surface area contributed by atoms with Crippen LogP contribution in [0.4, 0.5) is 4.79 Å². The molecule has 0 spiro atoms. The van der Waals surface area contributed by atoms with Crippen molar-refractivity contribution in [3.8, 4) is 11.5 Å². The van der Waals surface area contributed by atoms with Crippen LogP contribution in [0.5, 0.6) is 11.5 Å². The zero-order chi connectivity index (χ0) is 26.8. The monoisotopic (exact) mass is 517 g/mol. The van der Waals surface area contributed by atoms with Crippen LogP contribution in [0.15, 0.2) is 91.4 Å². The van der Waals surface area contributed by atoms with Crippen molar-refractivity contribution >= 4 is 6.09 Å². The number of hydrogen-bond donors (Lipinski definition) is 1. The van der Waals surface area contributed by atoms with Gasteiger partial charge in [0.2, 0.25) is 6.29 Å². The molecule has 1 aliphatic heterocycles. The number of ether oxygens (including phenoxy) is 5. The van der Waals surface area contributed by atoms with E-state index >= 15 is 0 Å². The third-order valence-electron chi connectivity index (χ3n) is 5.66. The van der Waals surface area contributed by atoms with Gasteiger partial charge in [0.1, 0.15) is 36.2 Å². The van der Waals surface area contributed by atoms with Gasteiger partial charge in [-0.05, 0) is 68.1 Å². The third kappa shape index (κ3) is 8.47. The largest absolute Gasteiger partial charge is 0.494 e. The van der Waals surface area contributed by atoms with Crippen molar-refractivity contribution in [2.75, 3.05) is 6.61 Å². The van der Waals surface area contributed by atoms with Crippen molar-refractivity contribution < 1.29 is 28.5 Å². The van der Waals surface area contributed by atoms with Crippen LogP contribution in [0.25, 0.3) is 0 Å². The van der Waals surface area contributed by atoms with Crippen molar-refractivity contribution in [2.24, 2.45) is 0 Å². The molecule has 0 saturated carbocycles. The minimum Gasteiger partial charge on any atom is -0.494 e. The lowest BCUT2D eigenvalue weighted by molar-refractivity contribution is -0.0310. The van der Waals surface area contributed by atoms with Gasteiger partial charge in [-0.3, -0.25) is 0 Å². The van der Waals surface area contributed by atoms with Gasteiger partial charge in [0.25, 0.3) is 0 Å². The Morgan fingerprint density at radius 2 is 1.55 bits per heavy atom. The minimum atomic E-state index is -0.592. The quantitative estimate of drug-likeness (QED) is 0.279. The molecule has 0 fully saturated rings. The molecule has 0 saturated heterocycles. The maximum atomic E-state index is 12.6. The molecule has 7 heteroatoms. The van der Waals surface area contributed by atoms with Crippen molar-refractivity contribution in [2.45, 2.75) is 58.2 Å². The van der Waals surface area contributed by atoms with E-state index in [1.165, 1.54) is 0 Å². The van der Waals surface area contributed by atoms with Crippen molar-refractivity contribution in [3.63, 3.8) is 0 Å². The summed E-state index contributed by atoms with van der Waals surface area (Å²) < 4.78 is 28.1. The summed E-state index contributed by atoms with van der Waals surface area (Å²) in [6.07, 6.45) is 4.01. The van der Waals surface area contributed by atoms with Gasteiger partial charge < -0.3 is 29.0 Å². The van der Waals surface area contributed by atoms with E-state index in [9.17, 15) is 4.79 Å². The van der Waals surface area contributed by atoms with Crippen LogP contribution in [0.3, 0.4) is 0 Å². The molecule has 4 rings (SSSR count). The van der Waals surface area contributed by atoms with Gasteiger partial charge in [0, 0.05) is 6.42 Å². The Morgan fingerprint density at radius 1 is 0.868 bits per heavy atom. The van der Waals surface area contributed by atoms with E-state index in [1.54, 1.807) is 12.5 Å². The highest BCUT2D eigenvalue weighted by Gasteiger charge is 2.22. The van der Waals surface area contributed by atoms with Crippen molar-refractivity contribution in [3.05, 3.63) is 108 Å². The molecule has 38 heavy (non-hydrogen) atoms. The fourth-order valence-corrected chi connectivity index (χ4v) is 3.95. The minimum absolute atomic E-state index is 0.213. The Hall–Kier alpha value is -4.13. The average Bonchev–Trinajstić information content (AvgIpc) is 3.42. The molecule has 1 N–H and O–H groups in total. The maximum Gasteiger partial charge on any atom is 0.408 e. The summed E-state index contributed by atoms with van der Waals surface area (Å²) in [5.41, 5.74) is 2.24. The van der Waals surface area contributed by atoms with E-state index in [4.69, 9.17) is 23.7 Å². The molecule has 0 radical (unpaired) electrons. The first-order valence-electron chi connectivity index (χ1n) is 12.8. The van der Waals surface area contributed by atoms with Gasteiger partial charge in [-0.15, -0.1) is 0 Å². The Morgan fingerprint density at radius 3 is 2.29 bits per heavy atom. The number of rotatable bonds is 11. The number of amides is 1. The normalized spacial score (nSPS) is 13.8. The Balaban J connectivity index is 1.37. The van der Waals surface area contributed by atoms with Gasteiger partial charge in [0.15, 0.2) is 0 Å². The first kappa shape index (κ1) is 26.9. The molecule has 3 aromatic carbocycles. The molecular formula is C31H35NO6. The van der Waals surface area contributed by atoms with E-state index in [2.05, 4.69) is 5.32 Å². The highest BCUT2D eigenvalue weighted by Crippen LogP contribution is 2.27. The first-order valence-corrected chi connectivity index (χ1v) is 12.8. The van der Waals surface area contributed by atoms with Gasteiger partial charge in [0.05, 0.1) is 12.6 Å². The number of carbonyl (C=O) groups is 1. The topological polar surface area (TPSA) is 75.3 Å². The summed E-state index contributed by atoms with van der Waals surface area (Å²) in [6, 6.07) is 25.0. The lowest BCUT2D eigenvalue weighted by atomic mass is 9.98.